The number of nitro groups is 2. The lowest BCUT2D eigenvalue weighted by molar-refractivity contribution is -0.393. The van der Waals surface area contributed by atoms with Gasteiger partial charge in [-0.05, 0) is 11.6 Å². The number of aliphatic hydroxyl groups is 1. The van der Waals surface area contributed by atoms with Gasteiger partial charge in [0.05, 0.1) is 15.9 Å². The van der Waals surface area contributed by atoms with Gasteiger partial charge in [-0.25, -0.2) is 4.79 Å². The highest BCUT2D eigenvalue weighted by molar-refractivity contribution is 5.80. The van der Waals surface area contributed by atoms with E-state index < -0.39 is 39.3 Å². The van der Waals surface area contributed by atoms with Gasteiger partial charge in [0, 0.05) is 6.07 Å². The summed E-state index contributed by atoms with van der Waals surface area (Å²) in [5, 5.41) is 43.8. The number of nitrogens with one attached hydrogen (secondary N) is 1. The zero-order valence-electron chi connectivity index (χ0n) is 12.6. The second kappa shape index (κ2) is 7.36. The molecule has 2 atom stereocenters. The predicted octanol–water partition coefficient (Wildman–Crippen LogP) is 2.10. The van der Waals surface area contributed by atoms with Gasteiger partial charge in [0.15, 0.2) is 6.04 Å². The van der Waals surface area contributed by atoms with Crippen LogP contribution >= 0.6 is 0 Å². The Bertz CT molecular complexity index is 810. The van der Waals surface area contributed by atoms with Crippen LogP contribution in [-0.2, 0) is 4.79 Å². The molecule has 0 amide bonds. The van der Waals surface area contributed by atoms with Crippen molar-refractivity contribution in [3.8, 4) is 0 Å². The summed E-state index contributed by atoms with van der Waals surface area (Å²) in [7, 11) is 0. The molecule has 0 aliphatic heterocycles. The average molecular weight is 347 g/mol. The van der Waals surface area contributed by atoms with E-state index >= 15 is 0 Å². The number of carbonyl (C=O) groups is 1. The first-order chi connectivity index (χ1) is 11.8. The highest BCUT2D eigenvalue weighted by Crippen LogP contribution is 2.31. The Kier molecular flexibility index (Phi) is 5.25. The minimum absolute atomic E-state index is 0.252. The number of carboxylic acid groups (broad SMARTS) is 1. The molecule has 10 nitrogen and oxygen atoms in total. The van der Waals surface area contributed by atoms with Crippen molar-refractivity contribution in [1.82, 2.24) is 0 Å². The summed E-state index contributed by atoms with van der Waals surface area (Å²) in [6.45, 7) is 0. The molecule has 130 valence electrons. The average Bonchev–Trinajstić information content (AvgIpc) is 2.59. The summed E-state index contributed by atoms with van der Waals surface area (Å²) in [6, 6.07) is 9.06. The van der Waals surface area contributed by atoms with Gasteiger partial charge in [-0.1, -0.05) is 30.3 Å². The van der Waals surface area contributed by atoms with Crippen LogP contribution in [0.1, 0.15) is 11.7 Å². The Morgan fingerprint density at radius 2 is 1.68 bits per heavy atom. The Morgan fingerprint density at radius 1 is 1.04 bits per heavy atom. The van der Waals surface area contributed by atoms with Gasteiger partial charge in [0.2, 0.25) is 0 Å². The van der Waals surface area contributed by atoms with E-state index in [0.717, 1.165) is 18.2 Å². The second-order valence-electron chi connectivity index (χ2n) is 5.03. The van der Waals surface area contributed by atoms with Gasteiger partial charge >= 0.3 is 5.97 Å². The van der Waals surface area contributed by atoms with E-state index in [4.69, 9.17) is 0 Å². The van der Waals surface area contributed by atoms with Crippen LogP contribution in [0.4, 0.5) is 17.1 Å². The fourth-order valence-corrected chi connectivity index (χ4v) is 2.19. The molecule has 2 aromatic carbocycles. The largest absolute Gasteiger partial charge is 0.480 e. The Hall–Kier alpha value is -3.53. The summed E-state index contributed by atoms with van der Waals surface area (Å²) in [4.78, 5) is 31.7. The lowest BCUT2D eigenvalue weighted by Crippen LogP contribution is -2.35. The molecular formula is C15H13N3O7. The Balaban J connectivity index is 2.38. The molecule has 0 heterocycles. The van der Waals surface area contributed by atoms with Crippen molar-refractivity contribution >= 4 is 23.0 Å². The molecule has 0 spiro atoms. The molecular weight excluding hydrogens is 334 g/mol. The van der Waals surface area contributed by atoms with Crippen LogP contribution in [0.2, 0.25) is 0 Å². The highest BCUT2D eigenvalue weighted by Gasteiger charge is 2.30. The van der Waals surface area contributed by atoms with E-state index in [2.05, 4.69) is 5.32 Å². The molecule has 0 unspecified atom stereocenters. The number of hydrogen-bond acceptors (Lipinski definition) is 7. The smallest absolute Gasteiger partial charge is 0.329 e. The molecule has 0 aliphatic rings. The number of aliphatic hydroxyl groups excluding tert-OH is 1. The zero-order valence-corrected chi connectivity index (χ0v) is 12.6. The van der Waals surface area contributed by atoms with Gasteiger partial charge in [0.1, 0.15) is 11.8 Å². The fourth-order valence-electron chi connectivity index (χ4n) is 2.19. The van der Waals surface area contributed by atoms with Crippen LogP contribution in [-0.4, -0.2) is 32.1 Å². The monoisotopic (exact) mass is 347 g/mol. The number of carboxylic acids is 1. The summed E-state index contributed by atoms with van der Waals surface area (Å²) in [5.41, 5.74) is -1.13. The second-order valence-corrected chi connectivity index (χ2v) is 5.03. The van der Waals surface area contributed by atoms with E-state index in [1.165, 1.54) is 12.1 Å². The lowest BCUT2D eigenvalue weighted by Gasteiger charge is -2.21. The highest BCUT2D eigenvalue weighted by atomic mass is 16.6. The first kappa shape index (κ1) is 17.8. The standard InChI is InChI=1S/C15H13N3O7/c19-14(9-4-2-1-3-5-9)13(15(20)21)16-11-7-6-10(17(22)23)8-12(11)18(24)25/h1-8,13-14,16,19H,(H,20,21)/t13-,14-/m1/s1. The van der Waals surface area contributed by atoms with Crippen molar-refractivity contribution < 1.29 is 24.9 Å². The molecule has 0 fully saturated rings. The summed E-state index contributed by atoms with van der Waals surface area (Å²) >= 11 is 0. The first-order valence-electron chi connectivity index (χ1n) is 6.96. The van der Waals surface area contributed by atoms with E-state index in [1.54, 1.807) is 18.2 Å². The molecule has 0 aromatic heterocycles. The third kappa shape index (κ3) is 4.06. The van der Waals surface area contributed by atoms with Gasteiger partial charge < -0.3 is 15.5 Å². The number of rotatable bonds is 7. The van der Waals surface area contributed by atoms with Crippen LogP contribution < -0.4 is 5.32 Å². The van der Waals surface area contributed by atoms with E-state index in [-0.39, 0.29) is 5.69 Å². The van der Waals surface area contributed by atoms with E-state index in [1.807, 2.05) is 0 Å². The van der Waals surface area contributed by atoms with Crippen molar-refractivity contribution in [3.63, 3.8) is 0 Å². The maximum atomic E-state index is 11.5. The minimum Gasteiger partial charge on any atom is -0.480 e. The number of anilines is 1. The summed E-state index contributed by atoms with van der Waals surface area (Å²) in [6.07, 6.45) is -1.49. The third-order valence-electron chi connectivity index (χ3n) is 3.42. The SMILES string of the molecule is O=C(O)[C@H](Nc1ccc([N+](=O)[O-])cc1[N+](=O)[O-])[C@H](O)c1ccccc1. The molecule has 25 heavy (non-hydrogen) atoms. The Labute approximate surface area is 140 Å². The van der Waals surface area contributed by atoms with Crippen molar-refractivity contribution in [2.45, 2.75) is 12.1 Å². The van der Waals surface area contributed by atoms with Crippen molar-refractivity contribution in [2.75, 3.05) is 5.32 Å². The fraction of sp³-hybridized carbons (Fsp3) is 0.133. The third-order valence-corrected chi connectivity index (χ3v) is 3.42. The minimum atomic E-state index is -1.59. The van der Waals surface area contributed by atoms with E-state index in [0.29, 0.717) is 5.56 Å². The predicted molar refractivity (Wildman–Crippen MR) is 86.2 cm³/mol. The van der Waals surface area contributed by atoms with Crippen LogP contribution in [0, 0.1) is 20.2 Å². The van der Waals surface area contributed by atoms with Gasteiger partial charge in [-0.15, -0.1) is 0 Å². The van der Waals surface area contributed by atoms with Crippen molar-refractivity contribution in [2.24, 2.45) is 0 Å². The van der Waals surface area contributed by atoms with Crippen molar-refractivity contribution in [3.05, 3.63) is 74.3 Å². The van der Waals surface area contributed by atoms with Gasteiger partial charge in [-0.3, -0.25) is 20.2 Å². The lowest BCUT2D eigenvalue weighted by atomic mass is 10.0. The number of hydrogen-bond donors (Lipinski definition) is 3. The van der Waals surface area contributed by atoms with Gasteiger partial charge in [-0.2, -0.15) is 0 Å². The Morgan fingerprint density at radius 3 is 2.20 bits per heavy atom. The number of nitrogens with zero attached hydrogens (tertiary/aromatic N) is 2. The molecule has 0 aliphatic carbocycles. The number of non-ortho nitro benzene ring substituents is 1. The first-order valence-corrected chi connectivity index (χ1v) is 6.96. The normalized spacial score (nSPS) is 12.8. The molecule has 0 radical (unpaired) electrons. The molecule has 2 rings (SSSR count). The van der Waals surface area contributed by atoms with Crippen LogP contribution in [0.25, 0.3) is 0 Å². The van der Waals surface area contributed by atoms with Gasteiger partial charge in [0.25, 0.3) is 11.4 Å². The quantitative estimate of drug-likeness (QED) is 0.508. The zero-order chi connectivity index (χ0) is 18.6. The number of aliphatic carboxylic acids is 1. The van der Waals surface area contributed by atoms with Crippen LogP contribution in [0.5, 0.6) is 0 Å². The van der Waals surface area contributed by atoms with E-state index in [9.17, 15) is 35.2 Å². The summed E-state index contributed by atoms with van der Waals surface area (Å²) in [5.74, 6) is -1.44. The van der Waals surface area contributed by atoms with Crippen molar-refractivity contribution in [1.29, 1.82) is 0 Å². The maximum Gasteiger partial charge on any atom is 0.329 e. The molecule has 0 bridgehead atoms. The molecule has 3 N–H and O–H groups in total. The molecule has 0 saturated heterocycles. The van der Waals surface area contributed by atoms with Crippen LogP contribution in [0.3, 0.4) is 0 Å². The molecule has 10 heteroatoms. The van der Waals surface area contributed by atoms with Crippen LogP contribution in [0.15, 0.2) is 48.5 Å². The number of benzene rings is 2. The summed E-state index contributed by atoms with van der Waals surface area (Å²) < 4.78 is 0. The molecule has 0 saturated carbocycles. The molecule has 2 aromatic rings. The number of nitro benzene ring substituents is 2. The topological polar surface area (TPSA) is 156 Å². The maximum absolute atomic E-state index is 11.5.